The number of fused-ring (bicyclic) bond motifs is 1. The van der Waals surface area contributed by atoms with Gasteiger partial charge in [-0.2, -0.15) is 18.3 Å². The number of hydrogen-bond acceptors (Lipinski definition) is 5. The zero-order valence-corrected chi connectivity index (χ0v) is 16.4. The summed E-state index contributed by atoms with van der Waals surface area (Å²) < 4.78 is 51.5. The van der Waals surface area contributed by atoms with E-state index in [2.05, 4.69) is 10.3 Å². The van der Waals surface area contributed by atoms with Crippen LogP contribution in [0.5, 0.6) is 5.75 Å². The Morgan fingerprint density at radius 1 is 1.37 bits per heavy atom. The van der Waals surface area contributed by atoms with Crippen LogP contribution in [0.15, 0.2) is 41.1 Å². The number of nitrogens with zero attached hydrogens (tertiary/aromatic N) is 4. The first-order valence-electron chi connectivity index (χ1n) is 9.01. The minimum absolute atomic E-state index is 0.0188. The van der Waals surface area contributed by atoms with E-state index in [0.29, 0.717) is 22.1 Å². The molecule has 1 aliphatic rings. The zero-order valence-electron chi connectivity index (χ0n) is 15.7. The van der Waals surface area contributed by atoms with Crippen LogP contribution in [0.25, 0.3) is 0 Å². The van der Waals surface area contributed by atoms with Crippen molar-refractivity contribution >= 4 is 23.3 Å². The second kappa shape index (κ2) is 7.67. The molecule has 0 saturated heterocycles. The molecule has 1 aromatic carbocycles. The summed E-state index contributed by atoms with van der Waals surface area (Å²) in [6.07, 6.45) is -3.54. The van der Waals surface area contributed by atoms with E-state index in [9.17, 15) is 18.0 Å². The number of aromatic nitrogens is 3. The van der Waals surface area contributed by atoms with Crippen molar-refractivity contribution < 1.29 is 27.2 Å². The molecule has 158 valence electrons. The van der Waals surface area contributed by atoms with E-state index >= 15 is 0 Å². The van der Waals surface area contributed by atoms with Gasteiger partial charge in [-0.1, -0.05) is 22.8 Å². The van der Waals surface area contributed by atoms with E-state index in [1.165, 1.54) is 17.2 Å². The maximum absolute atomic E-state index is 13.3. The third kappa shape index (κ3) is 3.74. The molecule has 0 saturated carbocycles. The molecular formula is C19H16ClF3N4O3. The SMILES string of the molecule is Cc1onc(C(=O)N2CCC(C(F)(F)F)n3nccc32)c1COc1cccc(Cl)c1. The Morgan fingerprint density at radius 3 is 2.90 bits per heavy atom. The van der Waals surface area contributed by atoms with Gasteiger partial charge in [0.1, 0.15) is 23.9 Å². The van der Waals surface area contributed by atoms with E-state index in [1.54, 1.807) is 31.2 Å². The fourth-order valence-corrected chi connectivity index (χ4v) is 3.51. The van der Waals surface area contributed by atoms with Gasteiger partial charge in [-0.25, -0.2) is 4.68 Å². The summed E-state index contributed by atoms with van der Waals surface area (Å²) in [7, 11) is 0. The second-order valence-corrected chi connectivity index (χ2v) is 7.19. The quantitative estimate of drug-likeness (QED) is 0.594. The Bertz CT molecular complexity index is 1080. The van der Waals surface area contributed by atoms with Gasteiger partial charge in [-0.3, -0.25) is 9.69 Å². The Morgan fingerprint density at radius 2 is 2.17 bits per heavy atom. The van der Waals surface area contributed by atoms with Crippen LogP contribution >= 0.6 is 11.6 Å². The van der Waals surface area contributed by atoms with Crippen molar-refractivity contribution in [1.29, 1.82) is 0 Å². The van der Waals surface area contributed by atoms with Crippen LogP contribution in [0.3, 0.4) is 0 Å². The highest BCUT2D eigenvalue weighted by molar-refractivity contribution is 6.30. The lowest BCUT2D eigenvalue weighted by Gasteiger charge is -2.33. The molecule has 3 aromatic rings. The fraction of sp³-hybridized carbons (Fsp3) is 0.316. The number of carbonyl (C=O) groups is 1. The summed E-state index contributed by atoms with van der Waals surface area (Å²) >= 11 is 5.94. The maximum Gasteiger partial charge on any atom is 0.410 e. The largest absolute Gasteiger partial charge is 0.489 e. The molecule has 2 aromatic heterocycles. The number of amides is 1. The number of aryl methyl sites for hydroxylation is 1. The summed E-state index contributed by atoms with van der Waals surface area (Å²) in [5, 5.41) is 8.08. The summed E-state index contributed by atoms with van der Waals surface area (Å²) in [6, 6.07) is 6.32. The Labute approximate surface area is 174 Å². The van der Waals surface area contributed by atoms with Crippen LogP contribution in [0.4, 0.5) is 19.0 Å². The van der Waals surface area contributed by atoms with Crippen LogP contribution in [0, 0.1) is 6.92 Å². The summed E-state index contributed by atoms with van der Waals surface area (Å²) in [4.78, 5) is 14.3. The zero-order chi connectivity index (χ0) is 21.5. The van der Waals surface area contributed by atoms with Crippen LogP contribution in [0.1, 0.15) is 34.3 Å². The van der Waals surface area contributed by atoms with Gasteiger partial charge >= 0.3 is 6.18 Å². The number of hydrogen-bond donors (Lipinski definition) is 0. The maximum atomic E-state index is 13.3. The molecule has 0 spiro atoms. The minimum atomic E-state index is -4.46. The van der Waals surface area contributed by atoms with Crippen molar-refractivity contribution in [2.45, 2.75) is 32.2 Å². The third-order valence-electron chi connectivity index (χ3n) is 4.84. The summed E-state index contributed by atoms with van der Waals surface area (Å²) in [6.45, 7) is 1.48. The standard InChI is InChI=1S/C19H16ClF3N4O3/c1-11-14(10-29-13-4-2-3-12(20)9-13)17(25-30-11)18(28)26-8-6-15(19(21,22)23)27-16(26)5-7-24-27/h2-5,7,9,15H,6,8,10H2,1H3. The molecule has 1 aliphatic heterocycles. The predicted octanol–water partition coefficient (Wildman–Crippen LogP) is 4.57. The third-order valence-corrected chi connectivity index (χ3v) is 5.07. The summed E-state index contributed by atoms with van der Waals surface area (Å²) in [5.41, 5.74) is 0.386. The van der Waals surface area contributed by atoms with E-state index in [-0.39, 0.29) is 31.1 Å². The van der Waals surface area contributed by atoms with Crippen molar-refractivity contribution in [3.05, 3.63) is 58.6 Å². The van der Waals surface area contributed by atoms with E-state index in [0.717, 1.165) is 4.68 Å². The van der Waals surface area contributed by atoms with E-state index < -0.39 is 18.1 Å². The highest BCUT2D eigenvalue weighted by Gasteiger charge is 2.46. The molecule has 0 fully saturated rings. The molecular weight excluding hydrogens is 425 g/mol. The number of alkyl halides is 3. The van der Waals surface area contributed by atoms with E-state index in [4.69, 9.17) is 20.9 Å². The number of halogens is 4. The van der Waals surface area contributed by atoms with Crippen LogP contribution in [0.2, 0.25) is 5.02 Å². The predicted molar refractivity (Wildman–Crippen MR) is 101 cm³/mol. The van der Waals surface area contributed by atoms with Crippen LogP contribution < -0.4 is 9.64 Å². The average Bonchev–Trinajstić information content (AvgIpc) is 3.31. The van der Waals surface area contributed by atoms with Crippen molar-refractivity contribution in [2.24, 2.45) is 0 Å². The molecule has 0 bridgehead atoms. The monoisotopic (exact) mass is 440 g/mol. The average molecular weight is 441 g/mol. The van der Waals surface area contributed by atoms with Gasteiger partial charge in [0.25, 0.3) is 5.91 Å². The molecule has 1 atom stereocenters. The first kappa shape index (κ1) is 20.3. The molecule has 4 rings (SSSR count). The molecule has 11 heteroatoms. The van der Waals surface area contributed by atoms with Crippen molar-refractivity contribution in [2.75, 3.05) is 11.4 Å². The number of rotatable bonds is 4. The molecule has 0 radical (unpaired) electrons. The van der Waals surface area contributed by atoms with Gasteiger partial charge in [0.05, 0.1) is 11.8 Å². The number of benzene rings is 1. The van der Waals surface area contributed by atoms with Crippen LogP contribution in [-0.4, -0.2) is 33.6 Å². The number of ether oxygens (including phenoxy) is 1. The molecule has 1 amide bonds. The van der Waals surface area contributed by atoms with E-state index in [1.807, 2.05) is 0 Å². The van der Waals surface area contributed by atoms with Gasteiger partial charge in [0, 0.05) is 17.6 Å². The fourth-order valence-electron chi connectivity index (χ4n) is 3.33. The van der Waals surface area contributed by atoms with Gasteiger partial charge < -0.3 is 9.26 Å². The highest BCUT2D eigenvalue weighted by Crippen LogP contribution is 2.39. The molecule has 0 aliphatic carbocycles. The molecule has 30 heavy (non-hydrogen) atoms. The topological polar surface area (TPSA) is 73.4 Å². The Hall–Kier alpha value is -3.01. The highest BCUT2D eigenvalue weighted by atomic mass is 35.5. The smallest absolute Gasteiger partial charge is 0.410 e. The Balaban J connectivity index is 1.59. The molecule has 0 N–H and O–H groups in total. The van der Waals surface area contributed by atoms with Crippen molar-refractivity contribution in [3.63, 3.8) is 0 Å². The minimum Gasteiger partial charge on any atom is -0.489 e. The van der Waals surface area contributed by atoms with Gasteiger partial charge in [0.15, 0.2) is 11.7 Å². The van der Waals surface area contributed by atoms with Gasteiger partial charge in [-0.15, -0.1) is 0 Å². The van der Waals surface area contributed by atoms with Crippen molar-refractivity contribution in [3.8, 4) is 5.75 Å². The normalized spacial score (nSPS) is 16.4. The second-order valence-electron chi connectivity index (χ2n) is 6.75. The lowest BCUT2D eigenvalue weighted by Crippen LogP contribution is -2.43. The van der Waals surface area contributed by atoms with Gasteiger partial charge in [0.2, 0.25) is 0 Å². The molecule has 7 nitrogen and oxygen atoms in total. The van der Waals surface area contributed by atoms with Gasteiger partial charge in [-0.05, 0) is 31.5 Å². The van der Waals surface area contributed by atoms with Crippen molar-refractivity contribution in [1.82, 2.24) is 14.9 Å². The lowest BCUT2D eigenvalue weighted by molar-refractivity contribution is -0.172. The lowest BCUT2D eigenvalue weighted by atomic mass is 10.1. The molecule has 1 unspecified atom stereocenters. The first-order chi connectivity index (χ1) is 14.3. The Kier molecular flexibility index (Phi) is 5.19. The summed E-state index contributed by atoms with van der Waals surface area (Å²) in [5.74, 6) is 0.333. The van der Waals surface area contributed by atoms with Crippen LogP contribution in [-0.2, 0) is 6.61 Å². The number of carbonyl (C=O) groups excluding carboxylic acids is 1. The number of anilines is 1. The molecule has 3 heterocycles. The first-order valence-corrected chi connectivity index (χ1v) is 9.39.